The number of carbonyl (C=O) groups is 1. The fourth-order valence-corrected chi connectivity index (χ4v) is 3.24. The van der Waals surface area contributed by atoms with E-state index in [2.05, 4.69) is 15.5 Å². The number of carbonyl (C=O) groups excluding carboxylic acids is 1. The lowest BCUT2D eigenvalue weighted by atomic mass is 10.1. The van der Waals surface area contributed by atoms with Crippen molar-refractivity contribution in [3.05, 3.63) is 60.2 Å². The van der Waals surface area contributed by atoms with Gasteiger partial charge in [0.15, 0.2) is 0 Å². The van der Waals surface area contributed by atoms with Gasteiger partial charge in [-0.15, -0.1) is 10.2 Å². The Morgan fingerprint density at radius 3 is 2.54 bits per heavy atom. The Labute approximate surface area is 168 Å². The molecule has 1 amide bonds. The van der Waals surface area contributed by atoms with Gasteiger partial charge in [-0.05, 0) is 36.8 Å². The van der Waals surface area contributed by atoms with Gasteiger partial charge in [-0.3, -0.25) is 4.79 Å². The molecule has 144 valence electrons. The average Bonchev–Trinajstić information content (AvgIpc) is 2.73. The molecule has 2 aromatic carbocycles. The molecule has 1 N–H and O–H groups in total. The Hall–Kier alpha value is -3.06. The number of aryl methyl sites for hydroxylation is 1. The second-order valence-electron chi connectivity index (χ2n) is 5.97. The number of hydrogen-bond donors (Lipinski definition) is 1. The minimum absolute atomic E-state index is 0.154. The lowest BCUT2D eigenvalue weighted by Crippen LogP contribution is -2.14. The standard InChI is InChI=1S/C21H21N3O3S/c1-14-6-4-5-7-16(14)17-10-11-21(24-23-17)28-13-20(25)22-18-9-8-15(26-2)12-19(18)27-3/h4-12H,13H2,1-3H3,(H,22,25). The van der Waals surface area contributed by atoms with Gasteiger partial charge in [0.05, 0.1) is 31.4 Å². The lowest BCUT2D eigenvalue weighted by molar-refractivity contribution is -0.113. The zero-order chi connectivity index (χ0) is 19.9. The molecule has 28 heavy (non-hydrogen) atoms. The summed E-state index contributed by atoms with van der Waals surface area (Å²) >= 11 is 1.33. The Balaban J connectivity index is 1.60. The van der Waals surface area contributed by atoms with Crippen molar-refractivity contribution in [2.75, 3.05) is 25.3 Å². The monoisotopic (exact) mass is 395 g/mol. The first-order chi connectivity index (χ1) is 13.6. The van der Waals surface area contributed by atoms with E-state index in [1.165, 1.54) is 11.8 Å². The molecule has 7 heteroatoms. The van der Waals surface area contributed by atoms with Gasteiger partial charge < -0.3 is 14.8 Å². The summed E-state index contributed by atoms with van der Waals surface area (Å²) in [6.45, 7) is 2.04. The van der Waals surface area contributed by atoms with Crippen LogP contribution in [0, 0.1) is 6.92 Å². The van der Waals surface area contributed by atoms with Crippen molar-refractivity contribution in [2.45, 2.75) is 11.9 Å². The number of thioether (sulfide) groups is 1. The van der Waals surface area contributed by atoms with Crippen molar-refractivity contribution in [3.8, 4) is 22.8 Å². The van der Waals surface area contributed by atoms with E-state index in [1.54, 1.807) is 32.4 Å². The van der Waals surface area contributed by atoms with Crippen molar-refractivity contribution < 1.29 is 14.3 Å². The second kappa shape index (κ2) is 9.23. The first-order valence-electron chi connectivity index (χ1n) is 8.65. The molecule has 3 aromatic rings. The van der Waals surface area contributed by atoms with Crippen LogP contribution in [0.25, 0.3) is 11.3 Å². The molecule has 0 aliphatic carbocycles. The van der Waals surface area contributed by atoms with Gasteiger partial charge in [0.1, 0.15) is 16.5 Å². The third kappa shape index (κ3) is 4.80. The summed E-state index contributed by atoms with van der Waals surface area (Å²) in [7, 11) is 3.12. The number of rotatable bonds is 7. The van der Waals surface area contributed by atoms with Crippen molar-refractivity contribution in [1.82, 2.24) is 10.2 Å². The molecular formula is C21H21N3O3S. The van der Waals surface area contributed by atoms with E-state index in [9.17, 15) is 4.79 Å². The highest BCUT2D eigenvalue weighted by atomic mass is 32.2. The fraction of sp³-hybridized carbons (Fsp3) is 0.190. The van der Waals surface area contributed by atoms with Gasteiger partial charge in [0.2, 0.25) is 5.91 Å². The van der Waals surface area contributed by atoms with Crippen LogP contribution in [0.1, 0.15) is 5.56 Å². The molecule has 0 atom stereocenters. The SMILES string of the molecule is COc1ccc(NC(=O)CSc2ccc(-c3ccccc3C)nn2)c(OC)c1. The van der Waals surface area contributed by atoms with E-state index >= 15 is 0 Å². The maximum absolute atomic E-state index is 12.3. The first-order valence-corrected chi connectivity index (χ1v) is 9.63. The van der Waals surface area contributed by atoms with Gasteiger partial charge in [0.25, 0.3) is 0 Å². The Kier molecular flexibility index (Phi) is 6.49. The molecule has 0 saturated carbocycles. The number of methoxy groups -OCH3 is 2. The van der Waals surface area contributed by atoms with Crippen LogP contribution in [0.2, 0.25) is 0 Å². The number of ether oxygens (including phenoxy) is 2. The van der Waals surface area contributed by atoms with Crippen LogP contribution in [-0.2, 0) is 4.79 Å². The van der Waals surface area contributed by atoms with Crippen molar-refractivity contribution in [1.29, 1.82) is 0 Å². The number of nitrogens with zero attached hydrogens (tertiary/aromatic N) is 2. The molecular weight excluding hydrogens is 374 g/mol. The topological polar surface area (TPSA) is 73.3 Å². The van der Waals surface area contributed by atoms with Gasteiger partial charge in [-0.25, -0.2) is 0 Å². The lowest BCUT2D eigenvalue weighted by Gasteiger charge is -2.11. The van der Waals surface area contributed by atoms with E-state index in [0.717, 1.165) is 16.8 Å². The molecule has 1 aromatic heterocycles. The first kappa shape index (κ1) is 19.7. The maximum Gasteiger partial charge on any atom is 0.234 e. The van der Waals surface area contributed by atoms with Gasteiger partial charge in [-0.1, -0.05) is 36.0 Å². The fourth-order valence-electron chi connectivity index (χ4n) is 2.63. The molecule has 0 saturated heterocycles. The van der Waals surface area contributed by atoms with E-state index in [-0.39, 0.29) is 11.7 Å². The molecule has 0 fully saturated rings. The van der Waals surface area contributed by atoms with Crippen LogP contribution >= 0.6 is 11.8 Å². The Bertz CT molecular complexity index is 961. The minimum Gasteiger partial charge on any atom is -0.497 e. The van der Waals surface area contributed by atoms with Crippen LogP contribution in [0.15, 0.2) is 59.6 Å². The normalized spacial score (nSPS) is 10.4. The van der Waals surface area contributed by atoms with Crippen molar-refractivity contribution >= 4 is 23.4 Å². The maximum atomic E-state index is 12.3. The molecule has 0 aliphatic rings. The van der Waals surface area contributed by atoms with Crippen LogP contribution in [0.5, 0.6) is 11.5 Å². The molecule has 1 heterocycles. The molecule has 0 aliphatic heterocycles. The predicted octanol–water partition coefficient (Wildman–Crippen LogP) is 4.20. The van der Waals surface area contributed by atoms with Gasteiger partial charge >= 0.3 is 0 Å². The Morgan fingerprint density at radius 1 is 1.04 bits per heavy atom. The third-order valence-electron chi connectivity index (χ3n) is 4.10. The highest BCUT2D eigenvalue weighted by Crippen LogP contribution is 2.29. The summed E-state index contributed by atoms with van der Waals surface area (Å²) in [4.78, 5) is 12.3. The van der Waals surface area contributed by atoms with E-state index < -0.39 is 0 Å². The quantitative estimate of drug-likeness (QED) is 0.605. The summed E-state index contributed by atoms with van der Waals surface area (Å²) in [6, 6.07) is 17.1. The number of benzene rings is 2. The predicted molar refractivity (Wildman–Crippen MR) is 111 cm³/mol. The number of anilines is 1. The summed E-state index contributed by atoms with van der Waals surface area (Å²) in [5, 5.41) is 12.0. The average molecular weight is 395 g/mol. The van der Waals surface area contributed by atoms with Crippen molar-refractivity contribution in [3.63, 3.8) is 0 Å². The summed E-state index contributed by atoms with van der Waals surface area (Å²) < 4.78 is 10.5. The Morgan fingerprint density at radius 2 is 1.86 bits per heavy atom. The van der Waals surface area contributed by atoms with Crippen LogP contribution in [0.4, 0.5) is 5.69 Å². The highest BCUT2D eigenvalue weighted by Gasteiger charge is 2.10. The minimum atomic E-state index is -0.154. The van der Waals surface area contributed by atoms with Crippen molar-refractivity contribution in [2.24, 2.45) is 0 Å². The summed E-state index contributed by atoms with van der Waals surface area (Å²) in [5.74, 6) is 1.26. The zero-order valence-electron chi connectivity index (χ0n) is 15.9. The van der Waals surface area contributed by atoms with E-state index in [1.807, 2.05) is 43.3 Å². The third-order valence-corrected chi connectivity index (χ3v) is 5.02. The molecule has 0 radical (unpaired) electrons. The van der Waals surface area contributed by atoms with Crippen LogP contribution in [-0.4, -0.2) is 36.1 Å². The molecule has 0 bridgehead atoms. The number of amides is 1. The summed E-state index contributed by atoms with van der Waals surface area (Å²) in [5.41, 5.74) is 3.60. The van der Waals surface area contributed by atoms with E-state index in [0.29, 0.717) is 22.2 Å². The van der Waals surface area contributed by atoms with Crippen LogP contribution in [0.3, 0.4) is 0 Å². The summed E-state index contributed by atoms with van der Waals surface area (Å²) in [6.07, 6.45) is 0. The second-order valence-corrected chi connectivity index (χ2v) is 6.97. The molecule has 3 rings (SSSR count). The number of hydrogen-bond acceptors (Lipinski definition) is 6. The molecule has 0 unspecified atom stereocenters. The molecule has 0 spiro atoms. The highest BCUT2D eigenvalue weighted by molar-refractivity contribution is 7.99. The smallest absolute Gasteiger partial charge is 0.234 e. The van der Waals surface area contributed by atoms with E-state index in [4.69, 9.17) is 9.47 Å². The van der Waals surface area contributed by atoms with Gasteiger partial charge in [0, 0.05) is 11.6 Å². The largest absolute Gasteiger partial charge is 0.497 e. The molecule has 6 nitrogen and oxygen atoms in total. The van der Waals surface area contributed by atoms with Crippen LogP contribution < -0.4 is 14.8 Å². The number of aromatic nitrogens is 2. The zero-order valence-corrected chi connectivity index (χ0v) is 16.7. The van der Waals surface area contributed by atoms with Gasteiger partial charge in [-0.2, -0.15) is 0 Å². The number of nitrogens with one attached hydrogen (secondary N) is 1.